The average Bonchev–Trinajstić information content (AvgIpc) is 2.31. The zero-order chi connectivity index (χ0) is 7.40. The first kappa shape index (κ1) is 8.54. The Bertz CT molecular complexity index is 95.3. The van der Waals surface area contributed by atoms with Crippen LogP contribution in [-0.4, -0.2) is 17.5 Å². The van der Waals surface area contributed by atoms with Crippen LogP contribution in [0.2, 0.25) is 0 Å². The number of halogens is 1. The Kier molecular flexibility index (Phi) is 3.71. The monoisotopic (exact) mass is 206 g/mol. The Morgan fingerprint density at radius 2 is 2.30 bits per heavy atom. The molecule has 1 nitrogen and oxygen atoms in total. The van der Waals surface area contributed by atoms with E-state index in [-0.39, 0.29) is 0 Å². The Labute approximate surface area is 71.3 Å². The predicted octanol–water partition coefficient (Wildman–Crippen LogP) is 2.73. The number of rotatable bonds is 3. The minimum absolute atomic E-state index is 0.500. The molecule has 0 N–H and O–H groups in total. The SMILES string of the molecule is CCCO[C@@H]1CCC[C@H]1Br. The van der Waals surface area contributed by atoms with Crippen LogP contribution in [0.1, 0.15) is 32.6 Å². The normalized spacial score (nSPS) is 33.0. The van der Waals surface area contributed by atoms with Crippen molar-refractivity contribution < 1.29 is 4.74 Å². The maximum atomic E-state index is 5.62. The molecule has 0 bridgehead atoms. The molecule has 1 aliphatic carbocycles. The fourth-order valence-electron chi connectivity index (χ4n) is 1.34. The number of ether oxygens (including phenoxy) is 1. The van der Waals surface area contributed by atoms with Gasteiger partial charge in [-0.3, -0.25) is 0 Å². The molecule has 0 spiro atoms. The van der Waals surface area contributed by atoms with E-state index in [2.05, 4.69) is 22.9 Å². The molecule has 0 amide bonds. The van der Waals surface area contributed by atoms with Gasteiger partial charge in [-0.2, -0.15) is 0 Å². The van der Waals surface area contributed by atoms with Gasteiger partial charge < -0.3 is 4.74 Å². The predicted molar refractivity (Wildman–Crippen MR) is 46.6 cm³/mol. The maximum Gasteiger partial charge on any atom is 0.0700 e. The second kappa shape index (κ2) is 4.35. The molecule has 0 aromatic rings. The molecule has 0 saturated heterocycles. The summed E-state index contributed by atoms with van der Waals surface area (Å²) in [6.07, 6.45) is 5.49. The maximum absolute atomic E-state index is 5.62. The highest BCUT2D eigenvalue weighted by Gasteiger charge is 2.24. The topological polar surface area (TPSA) is 9.23 Å². The van der Waals surface area contributed by atoms with Crippen molar-refractivity contribution in [3.8, 4) is 0 Å². The minimum atomic E-state index is 0.500. The molecular weight excluding hydrogens is 192 g/mol. The Hall–Kier alpha value is 0.440. The fourth-order valence-corrected chi connectivity index (χ4v) is 2.08. The minimum Gasteiger partial charge on any atom is -0.377 e. The van der Waals surface area contributed by atoms with Crippen LogP contribution in [0.15, 0.2) is 0 Å². The standard InChI is InChI=1S/C8H15BrO/c1-2-6-10-8-5-3-4-7(8)9/h7-8H,2-6H2,1H3/t7-,8-/m1/s1. The van der Waals surface area contributed by atoms with Crippen molar-refractivity contribution in [1.29, 1.82) is 0 Å². The van der Waals surface area contributed by atoms with Gasteiger partial charge in [0.1, 0.15) is 0 Å². The lowest BCUT2D eigenvalue weighted by molar-refractivity contribution is 0.0633. The molecule has 0 aromatic carbocycles. The lowest BCUT2D eigenvalue weighted by Crippen LogP contribution is -2.17. The third-order valence-corrected chi connectivity index (χ3v) is 2.96. The highest BCUT2D eigenvalue weighted by molar-refractivity contribution is 9.09. The van der Waals surface area contributed by atoms with Gasteiger partial charge in [0, 0.05) is 11.4 Å². The van der Waals surface area contributed by atoms with Gasteiger partial charge in [0.15, 0.2) is 0 Å². The summed E-state index contributed by atoms with van der Waals surface area (Å²) in [6, 6.07) is 0. The molecule has 1 saturated carbocycles. The molecular formula is C8H15BrO. The highest BCUT2D eigenvalue weighted by atomic mass is 79.9. The lowest BCUT2D eigenvalue weighted by Gasteiger charge is -2.13. The van der Waals surface area contributed by atoms with Gasteiger partial charge in [-0.15, -0.1) is 0 Å². The lowest BCUT2D eigenvalue weighted by atomic mass is 10.3. The Morgan fingerprint density at radius 1 is 1.50 bits per heavy atom. The summed E-state index contributed by atoms with van der Waals surface area (Å²) >= 11 is 3.61. The molecule has 10 heavy (non-hydrogen) atoms. The van der Waals surface area contributed by atoms with E-state index in [9.17, 15) is 0 Å². The molecule has 60 valence electrons. The first-order valence-corrected chi connectivity index (χ1v) is 5.02. The Morgan fingerprint density at radius 3 is 2.80 bits per heavy atom. The third kappa shape index (κ3) is 2.24. The van der Waals surface area contributed by atoms with Crippen molar-refractivity contribution in [2.24, 2.45) is 0 Å². The van der Waals surface area contributed by atoms with E-state index in [0.717, 1.165) is 13.0 Å². The van der Waals surface area contributed by atoms with Crippen molar-refractivity contribution >= 4 is 15.9 Å². The smallest absolute Gasteiger partial charge is 0.0700 e. The van der Waals surface area contributed by atoms with E-state index in [1.54, 1.807) is 0 Å². The summed E-state index contributed by atoms with van der Waals surface area (Å²) in [6.45, 7) is 3.07. The van der Waals surface area contributed by atoms with Crippen LogP contribution in [0.25, 0.3) is 0 Å². The number of alkyl halides is 1. The van der Waals surface area contributed by atoms with E-state index in [1.165, 1.54) is 19.3 Å². The molecule has 1 fully saturated rings. The van der Waals surface area contributed by atoms with Crippen molar-refractivity contribution in [2.75, 3.05) is 6.61 Å². The second-order valence-electron chi connectivity index (χ2n) is 2.86. The van der Waals surface area contributed by atoms with Crippen molar-refractivity contribution in [3.63, 3.8) is 0 Å². The largest absolute Gasteiger partial charge is 0.377 e. The summed E-state index contributed by atoms with van der Waals surface area (Å²) in [7, 11) is 0. The molecule has 1 aliphatic rings. The summed E-state index contributed by atoms with van der Waals surface area (Å²) < 4.78 is 5.62. The molecule has 0 aromatic heterocycles. The molecule has 2 heteroatoms. The van der Waals surface area contributed by atoms with Gasteiger partial charge in [0.2, 0.25) is 0 Å². The number of hydrogen-bond donors (Lipinski definition) is 0. The van der Waals surface area contributed by atoms with E-state index in [0.29, 0.717) is 10.9 Å². The van der Waals surface area contributed by atoms with Gasteiger partial charge in [0.25, 0.3) is 0 Å². The Balaban J connectivity index is 2.14. The van der Waals surface area contributed by atoms with Crippen LogP contribution in [-0.2, 0) is 4.74 Å². The summed E-state index contributed by atoms with van der Waals surface area (Å²) in [4.78, 5) is 0.624. The summed E-state index contributed by atoms with van der Waals surface area (Å²) in [5, 5.41) is 0. The van der Waals surface area contributed by atoms with Gasteiger partial charge >= 0.3 is 0 Å². The van der Waals surface area contributed by atoms with E-state index >= 15 is 0 Å². The molecule has 0 heterocycles. The first-order chi connectivity index (χ1) is 4.84. The molecule has 2 atom stereocenters. The zero-order valence-corrected chi connectivity index (χ0v) is 8.06. The van der Waals surface area contributed by atoms with E-state index < -0.39 is 0 Å². The zero-order valence-electron chi connectivity index (χ0n) is 6.48. The van der Waals surface area contributed by atoms with Crippen LogP contribution in [0.4, 0.5) is 0 Å². The van der Waals surface area contributed by atoms with Crippen LogP contribution < -0.4 is 0 Å². The van der Waals surface area contributed by atoms with Gasteiger partial charge in [0.05, 0.1) is 6.10 Å². The van der Waals surface area contributed by atoms with Crippen molar-refractivity contribution in [3.05, 3.63) is 0 Å². The van der Waals surface area contributed by atoms with Crippen molar-refractivity contribution in [1.82, 2.24) is 0 Å². The van der Waals surface area contributed by atoms with Gasteiger partial charge in [-0.1, -0.05) is 22.9 Å². The van der Waals surface area contributed by atoms with Gasteiger partial charge in [-0.05, 0) is 25.7 Å². The van der Waals surface area contributed by atoms with E-state index in [1.807, 2.05) is 0 Å². The van der Waals surface area contributed by atoms with Crippen LogP contribution in [0.3, 0.4) is 0 Å². The van der Waals surface area contributed by atoms with Crippen LogP contribution in [0, 0.1) is 0 Å². The quantitative estimate of drug-likeness (QED) is 0.646. The highest BCUT2D eigenvalue weighted by Crippen LogP contribution is 2.27. The number of hydrogen-bond acceptors (Lipinski definition) is 1. The average molecular weight is 207 g/mol. The van der Waals surface area contributed by atoms with Crippen LogP contribution in [0.5, 0.6) is 0 Å². The van der Waals surface area contributed by atoms with Crippen LogP contribution >= 0.6 is 15.9 Å². The molecule has 0 unspecified atom stereocenters. The fraction of sp³-hybridized carbons (Fsp3) is 1.00. The third-order valence-electron chi connectivity index (χ3n) is 1.91. The van der Waals surface area contributed by atoms with Crippen molar-refractivity contribution in [2.45, 2.75) is 43.5 Å². The summed E-state index contributed by atoms with van der Waals surface area (Å²) in [5.41, 5.74) is 0. The summed E-state index contributed by atoms with van der Waals surface area (Å²) in [5.74, 6) is 0. The van der Waals surface area contributed by atoms with Gasteiger partial charge in [-0.25, -0.2) is 0 Å². The van der Waals surface area contributed by atoms with E-state index in [4.69, 9.17) is 4.74 Å². The molecule has 1 rings (SSSR count). The molecule has 0 radical (unpaired) electrons. The molecule has 0 aliphatic heterocycles. The first-order valence-electron chi connectivity index (χ1n) is 4.10. The second-order valence-corrected chi connectivity index (χ2v) is 4.03.